The highest BCUT2D eigenvalue weighted by Gasteiger charge is 2.06. The molecule has 2 aromatic rings. The molecule has 0 spiro atoms. The lowest BCUT2D eigenvalue weighted by molar-refractivity contribution is -0.119. The third-order valence-electron chi connectivity index (χ3n) is 3.08. The Morgan fingerprint density at radius 3 is 2.90 bits per heavy atom. The smallest absolute Gasteiger partial charge is 0.239 e. The number of benzene rings is 1. The average Bonchev–Trinajstić information content (AvgIpc) is 2.44. The van der Waals surface area contributed by atoms with Gasteiger partial charge in [-0.3, -0.25) is 9.78 Å². The fraction of sp³-hybridized carbons (Fsp3) is 0.333. The van der Waals surface area contributed by atoms with Crippen LogP contribution in [0.25, 0.3) is 10.8 Å². The monoisotopic (exact) mass is 272 g/mol. The maximum Gasteiger partial charge on any atom is 0.239 e. The zero-order valence-electron chi connectivity index (χ0n) is 11.9. The molecular formula is C15H20N4O. The summed E-state index contributed by atoms with van der Waals surface area (Å²) >= 11 is 0. The first-order chi connectivity index (χ1) is 9.61. The van der Waals surface area contributed by atoms with Crippen LogP contribution in [0.4, 0.5) is 11.4 Å². The summed E-state index contributed by atoms with van der Waals surface area (Å²) in [6.45, 7) is 4.91. The number of aryl methyl sites for hydroxylation is 1. The predicted octanol–water partition coefficient (Wildman–Crippen LogP) is 2.06. The fourth-order valence-electron chi connectivity index (χ4n) is 2.02. The van der Waals surface area contributed by atoms with Gasteiger partial charge in [-0.25, -0.2) is 0 Å². The van der Waals surface area contributed by atoms with Crippen LogP contribution in [-0.2, 0) is 4.79 Å². The Morgan fingerprint density at radius 1 is 1.35 bits per heavy atom. The predicted molar refractivity (Wildman–Crippen MR) is 82.7 cm³/mol. The molecule has 106 valence electrons. The molecule has 5 nitrogen and oxygen atoms in total. The summed E-state index contributed by atoms with van der Waals surface area (Å²) in [6, 6.07) is 5.69. The first-order valence-corrected chi connectivity index (χ1v) is 6.77. The number of aromatic nitrogens is 1. The van der Waals surface area contributed by atoms with Crippen molar-refractivity contribution in [2.24, 2.45) is 0 Å². The van der Waals surface area contributed by atoms with E-state index in [1.54, 1.807) is 6.20 Å². The average molecular weight is 272 g/mol. The van der Waals surface area contributed by atoms with E-state index < -0.39 is 0 Å². The molecule has 1 aromatic carbocycles. The van der Waals surface area contributed by atoms with Crippen molar-refractivity contribution in [3.63, 3.8) is 0 Å². The molecule has 0 aliphatic heterocycles. The molecule has 4 N–H and O–H groups in total. The van der Waals surface area contributed by atoms with Crippen LogP contribution in [-0.4, -0.2) is 24.0 Å². The maximum absolute atomic E-state index is 11.6. The van der Waals surface area contributed by atoms with E-state index in [4.69, 9.17) is 5.73 Å². The number of anilines is 2. The number of nitrogens with zero attached hydrogens (tertiary/aromatic N) is 1. The van der Waals surface area contributed by atoms with Gasteiger partial charge in [-0.05, 0) is 31.5 Å². The minimum Gasteiger partial charge on any atom is -0.398 e. The number of hydrogen-bond acceptors (Lipinski definition) is 4. The molecule has 0 bridgehead atoms. The first-order valence-electron chi connectivity index (χ1n) is 6.77. The minimum atomic E-state index is -0.0115. The molecule has 5 heteroatoms. The number of carbonyl (C=O) groups excluding carboxylic acids is 1. The lowest BCUT2D eigenvalue weighted by Crippen LogP contribution is -2.30. The number of fused-ring (bicyclic) bond motifs is 1. The molecule has 1 amide bonds. The van der Waals surface area contributed by atoms with Crippen LogP contribution in [0.3, 0.4) is 0 Å². The number of pyridine rings is 1. The molecule has 0 aliphatic carbocycles. The largest absolute Gasteiger partial charge is 0.398 e. The second kappa shape index (κ2) is 6.23. The number of carbonyl (C=O) groups is 1. The van der Waals surface area contributed by atoms with Crippen molar-refractivity contribution in [2.75, 3.05) is 24.1 Å². The Labute approximate surface area is 118 Å². The molecule has 0 aliphatic rings. The van der Waals surface area contributed by atoms with Crippen LogP contribution >= 0.6 is 0 Å². The van der Waals surface area contributed by atoms with Crippen molar-refractivity contribution < 1.29 is 4.79 Å². The van der Waals surface area contributed by atoms with Crippen molar-refractivity contribution in [3.8, 4) is 0 Å². The van der Waals surface area contributed by atoms with Gasteiger partial charge in [-0.15, -0.1) is 0 Å². The Bertz CT molecular complexity index is 625. The lowest BCUT2D eigenvalue weighted by atomic mass is 10.1. The Kier molecular flexibility index (Phi) is 4.40. The molecule has 1 aromatic heterocycles. The molecule has 0 unspecified atom stereocenters. The van der Waals surface area contributed by atoms with E-state index in [9.17, 15) is 4.79 Å². The van der Waals surface area contributed by atoms with Gasteiger partial charge in [0.15, 0.2) is 0 Å². The maximum atomic E-state index is 11.6. The van der Waals surface area contributed by atoms with Gasteiger partial charge in [0.2, 0.25) is 5.91 Å². The molecule has 0 atom stereocenters. The first kappa shape index (κ1) is 14.1. The highest BCUT2D eigenvalue weighted by molar-refractivity contribution is 6.01. The molecule has 2 rings (SSSR count). The topological polar surface area (TPSA) is 80.0 Å². The molecule has 0 saturated carbocycles. The van der Waals surface area contributed by atoms with Crippen molar-refractivity contribution >= 4 is 28.1 Å². The molecule has 0 saturated heterocycles. The van der Waals surface area contributed by atoms with Gasteiger partial charge in [-0.1, -0.05) is 6.92 Å². The summed E-state index contributed by atoms with van der Waals surface area (Å²) in [5, 5.41) is 7.87. The number of rotatable bonds is 5. The summed E-state index contributed by atoms with van der Waals surface area (Å²) in [4.78, 5) is 15.9. The van der Waals surface area contributed by atoms with Gasteiger partial charge < -0.3 is 16.4 Å². The van der Waals surface area contributed by atoms with Gasteiger partial charge in [0.1, 0.15) is 0 Å². The SMILES string of the molecule is CCCNC(=O)CNc1ccc(N)c2cnc(C)cc12. The molecule has 0 radical (unpaired) electrons. The van der Waals surface area contributed by atoms with Crippen LogP contribution in [0.5, 0.6) is 0 Å². The summed E-state index contributed by atoms with van der Waals surface area (Å²) in [7, 11) is 0. The summed E-state index contributed by atoms with van der Waals surface area (Å²) in [5.41, 5.74) is 8.45. The van der Waals surface area contributed by atoms with E-state index in [0.717, 1.165) is 28.6 Å². The van der Waals surface area contributed by atoms with Crippen LogP contribution in [0.2, 0.25) is 0 Å². The lowest BCUT2D eigenvalue weighted by Gasteiger charge is -2.11. The standard InChI is InChI=1S/C15H20N4O/c1-3-6-17-15(20)9-19-14-5-4-13(16)12-8-18-10(2)7-11(12)14/h4-5,7-8,19H,3,6,9,16H2,1-2H3,(H,17,20). The van der Waals surface area contributed by atoms with Crippen molar-refractivity contribution in [2.45, 2.75) is 20.3 Å². The molecule has 0 fully saturated rings. The normalized spacial score (nSPS) is 10.5. The van der Waals surface area contributed by atoms with E-state index in [0.29, 0.717) is 12.2 Å². The highest BCUT2D eigenvalue weighted by atomic mass is 16.1. The third-order valence-corrected chi connectivity index (χ3v) is 3.08. The fourth-order valence-corrected chi connectivity index (χ4v) is 2.02. The Morgan fingerprint density at radius 2 is 2.15 bits per heavy atom. The summed E-state index contributed by atoms with van der Waals surface area (Å²) in [6.07, 6.45) is 2.70. The third kappa shape index (κ3) is 3.17. The number of hydrogen-bond donors (Lipinski definition) is 3. The van der Waals surface area contributed by atoms with Crippen LogP contribution in [0, 0.1) is 6.92 Å². The number of nitrogens with one attached hydrogen (secondary N) is 2. The number of nitrogen functional groups attached to an aromatic ring is 1. The minimum absolute atomic E-state index is 0.0115. The zero-order chi connectivity index (χ0) is 14.5. The molecular weight excluding hydrogens is 252 g/mol. The van der Waals surface area contributed by atoms with Crippen LogP contribution in [0.15, 0.2) is 24.4 Å². The second-order valence-electron chi connectivity index (χ2n) is 4.78. The van der Waals surface area contributed by atoms with E-state index >= 15 is 0 Å². The Balaban J connectivity index is 2.20. The quantitative estimate of drug-likeness (QED) is 0.728. The van der Waals surface area contributed by atoms with Crippen LogP contribution in [0.1, 0.15) is 19.0 Å². The van der Waals surface area contributed by atoms with Crippen molar-refractivity contribution in [1.29, 1.82) is 0 Å². The summed E-state index contributed by atoms with van der Waals surface area (Å²) < 4.78 is 0. The van der Waals surface area contributed by atoms with Crippen molar-refractivity contribution in [3.05, 3.63) is 30.1 Å². The van der Waals surface area contributed by atoms with Crippen molar-refractivity contribution in [1.82, 2.24) is 10.3 Å². The Hall–Kier alpha value is -2.30. The second-order valence-corrected chi connectivity index (χ2v) is 4.78. The van der Waals surface area contributed by atoms with Gasteiger partial charge in [-0.2, -0.15) is 0 Å². The number of nitrogens with two attached hydrogens (primary N) is 1. The molecule has 1 heterocycles. The van der Waals surface area contributed by atoms with Crippen LogP contribution < -0.4 is 16.4 Å². The van der Waals surface area contributed by atoms with E-state index in [1.165, 1.54) is 0 Å². The van der Waals surface area contributed by atoms with Gasteiger partial charge in [0, 0.05) is 40.6 Å². The number of amides is 1. The van der Waals surface area contributed by atoms with E-state index in [2.05, 4.69) is 15.6 Å². The molecule has 20 heavy (non-hydrogen) atoms. The van der Waals surface area contributed by atoms with E-state index in [-0.39, 0.29) is 12.5 Å². The summed E-state index contributed by atoms with van der Waals surface area (Å²) in [5.74, 6) is -0.0115. The highest BCUT2D eigenvalue weighted by Crippen LogP contribution is 2.28. The van der Waals surface area contributed by atoms with Gasteiger partial charge >= 0.3 is 0 Å². The van der Waals surface area contributed by atoms with Gasteiger partial charge in [0.05, 0.1) is 6.54 Å². The van der Waals surface area contributed by atoms with Gasteiger partial charge in [0.25, 0.3) is 0 Å². The van der Waals surface area contributed by atoms with E-state index in [1.807, 2.05) is 32.0 Å². The zero-order valence-corrected chi connectivity index (χ0v) is 11.9.